The van der Waals surface area contributed by atoms with E-state index in [1.54, 1.807) is 13.0 Å². The number of rotatable bonds is 8. The van der Waals surface area contributed by atoms with E-state index in [1.165, 1.54) is 15.6 Å². The van der Waals surface area contributed by atoms with Crippen LogP contribution in [0.5, 0.6) is 0 Å². The van der Waals surface area contributed by atoms with E-state index >= 15 is 0 Å². The molecular weight excluding hydrogens is 410 g/mol. The number of sulfonamides is 1. The van der Waals surface area contributed by atoms with E-state index in [9.17, 15) is 13.2 Å². The second kappa shape index (κ2) is 9.73. The predicted octanol–water partition coefficient (Wildman–Crippen LogP) is 3.42. The molecule has 2 aromatic carbocycles. The maximum Gasteiger partial charge on any atom is 0.243 e. The van der Waals surface area contributed by atoms with E-state index in [0.717, 1.165) is 49.7 Å². The van der Waals surface area contributed by atoms with Gasteiger partial charge in [-0.2, -0.15) is 0 Å². The molecule has 0 aliphatic carbocycles. The first-order valence-corrected chi connectivity index (χ1v) is 12.7. The van der Waals surface area contributed by atoms with Crippen LogP contribution in [0, 0.1) is 13.8 Å². The number of nitrogens with zero attached hydrogens (tertiary/aromatic N) is 2. The van der Waals surface area contributed by atoms with Crippen LogP contribution < -0.4 is 14.5 Å². The van der Waals surface area contributed by atoms with Gasteiger partial charge in [0, 0.05) is 25.3 Å². The summed E-state index contributed by atoms with van der Waals surface area (Å²) in [4.78, 5) is 15.1. The van der Waals surface area contributed by atoms with Crippen molar-refractivity contribution in [1.29, 1.82) is 0 Å². The van der Waals surface area contributed by atoms with Gasteiger partial charge in [0.05, 0.1) is 11.9 Å². The van der Waals surface area contributed by atoms with Crippen LogP contribution in [-0.4, -0.2) is 46.3 Å². The van der Waals surface area contributed by atoms with Gasteiger partial charge in [-0.05, 0) is 74.9 Å². The second-order valence-electron chi connectivity index (χ2n) is 8.37. The first-order chi connectivity index (χ1) is 14.7. The molecule has 3 rings (SSSR count). The van der Waals surface area contributed by atoms with Crippen LogP contribution in [0.15, 0.2) is 42.5 Å². The summed E-state index contributed by atoms with van der Waals surface area (Å²) >= 11 is 0. The Balaban J connectivity index is 1.59. The summed E-state index contributed by atoms with van der Waals surface area (Å²) in [6.45, 7) is 7.93. The first kappa shape index (κ1) is 23.1. The Labute approximate surface area is 186 Å². The van der Waals surface area contributed by atoms with Crippen LogP contribution in [0.4, 0.5) is 11.4 Å². The summed E-state index contributed by atoms with van der Waals surface area (Å²) in [6.07, 6.45) is 4.19. The number of benzene rings is 2. The van der Waals surface area contributed by atoms with Crippen LogP contribution in [0.2, 0.25) is 0 Å². The van der Waals surface area contributed by atoms with Crippen molar-refractivity contribution < 1.29 is 13.2 Å². The van der Waals surface area contributed by atoms with Gasteiger partial charge < -0.3 is 10.2 Å². The minimum atomic E-state index is -3.61. The van der Waals surface area contributed by atoms with Gasteiger partial charge in [0.25, 0.3) is 0 Å². The maximum atomic E-state index is 12.8. The van der Waals surface area contributed by atoms with Crippen molar-refractivity contribution in [3.63, 3.8) is 0 Å². The van der Waals surface area contributed by atoms with Crippen molar-refractivity contribution in [2.24, 2.45) is 0 Å². The number of hydrogen-bond acceptors (Lipinski definition) is 4. The number of para-hydroxylation sites is 1. The Morgan fingerprint density at radius 1 is 1.16 bits per heavy atom. The number of amides is 1. The number of aryl methyl sites for hydroxylation is 3. The van der Waals surface area contributed by atoms with Gasteiger partial charge >= 0.3 is 0 Å². The molecule has 0 saturated carbocycles. The molecule has 31 heavy (non-hydrogen) atoms. The topological polar surface area (TPSA) is 69.7 Å². The molecule has 2 aromatic rings. The van der Waals surface area contributed by atoms with Gasteiger partial charge in [0.2, 0.25) is 15.9 Å². The Hall–Kier alpha value is -2.54. The molecule has 0 aromatic heterocycles. The van der Waals surface area contributed by atoms with Crippen molar-refractivity contribution in [3.05, 3.63) is 59.2 Å². The molecule has 7 heteroatoms. The molecule has 168 valence electrons. The van der Waals surface area contributed by atoms with E-state index in [2.05, 4.69) is 34.5 Å². The lowest BCUT2D eigenvalue weighted by Crippen LogP contribution is -2.48. The molecule has 1 N–H and O–H groups in total. The molecule has 0 radical (unpaired) electrons. The van der Waals surface area contributed by atoms with Crippen molar-refractivity contribution in [2.45, 2.75) is 46.1 Å². The zero-order chi connectivity index (χ0) is 22.6. The summed E-state index contributed by atoms with van der Waals surface area (Å²) in [7, 11) is -3.61. The number of nitrogens with one attached hydrogen (secondary N) is 1. The molecule has 1 heterocycles. The highest BCUT2D eigenvalue weighted by molar-refractivity contribution is 7.92. The van der Waals surface area contributed by atoms with Gasteiger partial charge in [-0.25, -0.2) is 8.42 Å². The third kappa shape index (κ3) is 5.58. The summed E-state index contributed by atoms with van der Waals surface area (Å²) < 4.78 is 26.1. The summed E-state index contributed by atoms with van der Waals surface area (Å²) in [5, 5.41) is 2.92. The quantitative estimate of drug-likeness (QED) is 0.635. The average Bonchev–Trinajstić information content (AvgIpc) is 2.72. The fraction of sp³-hybridized carbons (Fsp3) is 0.458. The van der Waals surface area contributed by atoms with E-state index in [4.69, 9.17) is 0 Å². The molecule has 1 unspecified atom stereocenters. The smallest absolute Gasteiger partial charge is 0.243 e. The molecule has 0 spiro atoms. The van der Waals surface area contributed by atoms with E-state index < -0.39 is 16.1 Å². The van der Waals surface area contributed by atoms with E-state index in [1.807, 2.05) is 26.0 Å². The zero-order valence-corrected chi connectivity index (χ0v) is 19.7. The standard InChI is InChI=1S/C24H33N3O3S/c1-18-12-13-22(17-19(18)2)27(31(4,29)30)20(3)24(28)25-14-8-16-26-15-7-10-21-9-5-6-11-23(21)26/h5-6,9,11-13,17,20H,7-8,10,14-16H2,1-4H3,(H,25,28). The Morgan fingerprint density at radius 2 is 1.90 bits per heavy atom. The average molecular weight is 444 g/mol. The molecule has 0 saturated heterocycles. The zero-order valence-electron chi connectivity index (χ0n) is 18.9. The summed E-state index contributed by atoms with van der Waals surface area (Å²) in [6, 6.07) is 13.1. The van der Waals surface area contributed by atoms with Gasteiger partial charge in [0.1, 0.15) is 6.04 Å². The normalized spacial score (nSPS) is 14.6. The van der Waals surface area contributed by atoms with Gasteiger partial charge in [-0.15, -0.1) is 0 Å². The maximum absolute atomic E-state index is 12.8. The van der Waals surface area contributed by atoms with Crippen LogP contribution in [-0.2, 0) is 21.2 Å². The first-order valence-electron chi connectivity index (χ1n) is 10.9. The third-order valence-electron chi connectivity index (χ3n) is 5.94. The molecule has 1 aliphatic rings. The van der Waals surface area contributed by atoms with E-state index in [-0.39, 0.29) is 5.91 Å². The highest BCUT2D eigenvalue weighted by atomic mass is 32.2. The Morgan fingerprint density at radius 3 is 2.61 bits per heavy atom. The third-order valence-corrected chi connectivity index (χ3v) is 7.19. The lowest BCUT2D eigenvalue weighted by molar-refractivity contribution is -0.121. The Bertz CT molecular complexity index is 1040. The van der Waals surface area contributed by atoms with Crippen LogP contribution in [0.3, 0.4) is 0 Å². The number of anilines is 2. The number of hydrogen-bond donors (Lipinski definition) is 1. The molecule has 0 fully saturated rings. The molecular formula is C24H33N3O3S. The summed E-state index contributed by atoms with van der Waals surface area (Å²) in [5.41, 5.74) is 5.24. The largest absolute Gasteiger partial charge is 0.371 e. The highest BCUT2D eigenvalue weighted by Gasteiger charge is 2.29. The second-order valence-corrected chi connectivity index (χ2v) is 10.2. The van der Waals surface area contributed by atoms with Crippen molar-refractivity contribution >= 4 is 27.3 Å². The lowest BCUT2D eigenvalue weighted by atomic mass is 10.0. The minimum absolute atomic E-state index is 0.289. The lowest BCUT2D eigenvalue weighted by Gasteiger charge is -2.31. The number of carbonyl (C=O) groups is 1. The fourth-order valence-corrected chi connectivity index (χ4v) is 5.31. The molecule has 1 atom stereocenters. The number of fused-ring (bicyclic) bond motifs is 1. The van der Waals surface area contributed by atoms with Crippen LogP contribution in [0.25, 0.3) is 0 Å². The van der Waals surface area contributed by atoms with Crippen molar-refractivity contribution in [1.82, 2.24) is 5.32 Å². The van der Waals surface area contributed by atoms with Gasteiger partial charge in [-0.3, -0.25) is 9.10 Å². The fourth-order valence-electron chi connectivity index (χ4n) is 4.14. The molecule has 6 nitrogen and oxygen atoms in total. The number of carbonyl (C=O) groups excluding carboxylic acids is 1. The van der Waals surface area contributed by atoms with Crippen LogP contribution in [0.1, 0.15) is 36.5 Å². The van der Waals surface area contributed by atoms with Crippen LogP contribution >= 0.6 is 0 Å². The van der Waals surface area contributed by atoms with Gasteiger partial charge in [-0.1, -0.05) is 24.3 Å². The Kier molecular flexibility index (Phi) is 7.26. The molecule has 0 bridgehead atoms. The SMILES string of the molecule is Cc1ccc(N(C(C)C(=O)NCCCN2CCCc3ccccc32)S(C)(=O)=O)cc1C. The minimum Gasteiger partial charge on any atom is -0.371 e. The molecule has 1 amide bonds. The monoisotopic (exact) mass is 443 g/mol. The molecule has 1 aliphatic heterocycles. The van der Waals surface area contributed by atoms with E-state index in [0.29, 0.717) is 12.2 Å². The van der Waals surface area contributed by atoms with Crippen molar-refractivity contribution in [2.75, 3.05) is 35.1 Å². The predicted molar refractivity (Wildman–Crippen MR) is 127 cm³/mol. The van der Waals surface area contributed by atoms with Crippen molar-refractivity contribution in [3.8, 4) is 0 Å². The highest BCUT2D eigenvalue weighted by Crippen LogP contribution is 2.26. The van der Waals surface area contributed by atoms with Gasteiger partial charge in [0.15, 0.2) is 0 Å². The summed E-state index contributed by atoms with van der Waals surface area (Å²) in [5.74, 6) is -0.289.